The molecule has 0 aliphatic carbocycles. The summed E-state index contributed by atoms with van der Waals surface area (Å²) in [7, 11) is 0. The van der Waals surface area contributed by atoms with Crippen molar-refractivity contribution in [3.05, 3.63) is 35.4 Å². The van der Waals surface area contributed by atoms with Gasteiger partial charge in [-0.25, -0.2) is 4.79 Å². The van der Waals surface area contributed by atoms with Crippen molar-refractivity contribution in [3.8, 4) is 0 Å². The van der Waals surface area contributed by atoms with Crippen LogP contribution in [0.2, 0.25) is 0 Å². The summed E-state index contributed by atoms with van der Waals surface area (Å²) >= 11 is 1.62. The fraction of sp³-hybridized carbons (Fsp3) is 0.333. The zero-order valence-corrected chi connectivity index (χ0v) is 10.4. The van der Waals surface area contributed by atoms with E-state index in [2.05, 4.69) is 5.32 Å². The minimum absolute atomic E-state index is 0.0138. The van der Waals surface area contributed by atoms with Crippen LogP contribution < -0.4 is 5.32 Å². The molecule has 0 heterocycles. The van der Waals surface area contributed by atoms with Crippen LogP contribution in [-0.2, 0) is 11.3 Å². The van der Waals surface area contributed by atoms with Crippen LogP contribution in [0.15, 0.2) is 24.3 Å². The molecule has 0 aliphatic heterocycles. The van der Waals surface area contributed by atoms with Crippen molar-refractivity contribution in [2.24, 2.45) is 0 Å². The SMILES string of the molecule is CSCCC(=O)NCc1cccc(C(=O)O)c1. The van der Waals surface area contributed by atoms with Crippen molar-refractivity contribution in [1.29, 1.82) is 0 Å². The van der Waals surface area contributed by atoms with Crippen molar-refractivity contribution < 1.29 is 14.7 Å². The topological polar surface area (TPSA) is 66.4 Å². The highest BCUT2D eigenvalue weighted by Crippen LogP contribution is 2.05. The summed E-state index contributed by atoms with van der Waals surface area (Å²) < 4.78 is 0. The highest BCUT2D eigenvalue weighted by Gasteiger charge is 2.04. The van der Waals surface area contributed by atoms with Crippen LogP contribution in [0.25, 0.3) is 0 Å². The highest BCUT2D eigenvalue weighted by atomic mass is 32.2. The molecule has 0 bridgehead atoms. The summed E-state index contributed by atoms with van der Waals surface area (Å²) in [5.41, 5.74) is 1.03. The second-order valence-corrected chi connectivity index (χ2v) is 4.51. The van der Waals surface area contributed by atoms with Crippen molar-refractivity contribution in [2.45, 2.75) is 13.0 Å². The maximum Gasteiger partial charge on any atom is 0.335 e. The Labute approximate surface area is 104 Å². The monoisotopic (exact) mass is 253 g/mol. The van der Waals surface area contributed by atoms with Crippen LogP contribution in [0.5, 0.6) is 0 Å². The van der Waals surface area contributed by atoms with Gasteiger partial charge in [-0.3, -0.25) is 4.79 Å². The summed E-state index contributed by atoms with van der Waals surface area (Å²) in [5, 5.41) is 11.6. The van der Waals surface area contributed by atoms with E-state index >= 15 is 0 Å². The Morgan fingerprint density at radius 3 is 2.82 bits per heavy atom. The third-order valence-corrected chi connectivity index (χ3v) is 2.81. The van der Waals surface area contributed by atoms with Crippen LogP contribution in [0, 0.1) is 0 Å². The number of aromatic carboxylic acids is 1. The molecule has 1 aromatic carbocycles. The van der Waals surface area contributed by atoms with Gasteiger partial charge in [-0.2, -0.15) is 11.8 Å². The Morgan fingerprint density at radius 1 is 1.41 bits per heavy atom. The first-order valence-corrected chi connectivity index (χ1v) is 6.60. The van der Waals surface area contributed by atoms with Gasteiger partial charge in [-0.1, -0.05) is 12.1 Å². The second kappa shape index (κ2) is 6.96. The van der Waals surface area contributed by atoms with Crippen molar-refractivity contribution in [1.82, 2.24) is 5.32 Å². The Morgan fingerprint density at radius 2 is 2.18 bits per heavy atom. The maximum atomic E-state index is 11.4. The van der Waals surface area contributed by atoms with Gasteiger partial charge in [-0.05, 0) is 24.0 Å². The van der Waals surface area contributed by atoms with Gasteiger partial charge >= 0.3 is 5.97 Å². The van der Waals surface area contributed by atoms with Gasteiger partial charge in [0.25, 0.3) is 0 Å². The first-order valence-electron chi connectivity index (χ1n) is 5.21. The van der Waals surface area contributed by atoms with E-state index in [9.17, 15) is 9.59 Å². The molecule has 1 rings (SSSR count). The Hall–Kier alpha value is -1.49. The lowest BCUT2D eigenvalue weighted by Gasteiger charge is -2.05. The normalized spacial score (nSPS) is 9.94. The smallest absolute Gasteiger partial charge is 0.335 e. The van der Waals surface area contributed by atoms with Gasteiger partial charge in [0, 0.05) is 18.7 Å². The fourth-order valence-electron chi connectivity index (χ4n) is 1.30. The zero-order chi connectivity index (χ0) is 12.7. The van der Waals surface area contributed by atoms with E-state index in [0.717, 1.165) is 11.3 Å². The molecule has 0 aliphatic rings. The molecule has 0 unspecified atom stereocenters. The minimum Gasteiger partial charge on any atom is -0.478 e. The Bertz CT molecular complexity index is 406. The highest BCUT2D eigenvalue weighted by molar-refractivity contribution is 7.98. The zero-order valence-electron chi connectivity index (χ0n) is 9.60. The van der Waals surface area contributed by atoms with E-state index in [1.54, 1.807) is 30.0 Å². The number of amides is 1. The predicted octanol–water partition coefficient (Wildman–Crippen LogP) is 1.75. The molecule has 1 amide bonds. The summed E-state index contributed by atoms with van der Waals surface area (Å²) in [4.78, 5) is 22.1. The molecule has 0 saturated carbocycles. The van der Waals surface area contributed by atoms with Gasteiger partial charge in [0.05, 0.1) is 5.56 Å². The molecule has 1 aromatic rings. The number of benzene rings is 1. The van der Waals surface area contributed by atoms with Crippen molar-refractivity contribution in [3.63, 3.8) is 0 Å². The molecular weight excluding hydrogens is 238 g/mol. The molecule has 92 valence electrons. The molecule has 5 heteroatoms. The molecular formula is C12H15NO3S. The first kappa shape index (κ1) is 13.6. The standard InChI is InChI=1S/C12H15NO3S/c1-17-6-5-11(14)13-8-9-3-2-4-10(7-9)12(15)16/h2-4,7H,5-6,8H2,1H3,(H,13,14)(H,15,16). The van der Waals surface area contributed by atoms with Gasteiger partial charge in [0.2, 0.25) is 5.91 Å². The molecule has 2 N–H and O–H groups in total. The lowest BCUT2D eigenvalue weighted by atomic mass is 10.1. The van der Waals surface area contributed by atoms with E-state index in [1.807, 2.05) is 6.26 Å². The molecule has 17 heavy (non-hydrogen) atoms. The fourth-order valence-corrected chi connectivity index (χ4v) is 1.69. The average molecular weight is 253 g/mol. The van der Waals surface area contributed by atoms with Crippen molar-refractivity contribution >= 4 is 23.6 Å². The molecule has 0 spiro atoms. The van der Waals surface area contributed by atoms with Crippen LogP contribution >= 0.6 is 11.8 Å². The quantitative estimate of drug-likeness (QED) is 0.810. The largest absolute Gasteiger partial charge is 0.478 e. The Balaban J connectivity index is 2.49. The van der Waals surface area contributed by atoms with E-state index in [4.69, 9.17) is 5.11 Å². The Kier molecular flexibility index (Phi) is 5.56. The minimum atomic E-state index is -0.958. The van der Waals surface area contributed by atoms with Crippen LogP contribution in [0.1, 0.15) is 22.3 Å². The maximum absolute atomic E-state index is 11.4. The van der Waals surface area contributed by atoms with E-state index in [1.165, 1.54) is 6.07 Å². The first-order chi connectivity index (χ1) is 8.13. The molecule has 4 nitrogen and oxygen atoms in total. The third kappa shape index (κ3) is 4.91. The van der Waals surface area contributed by atoms with Gasteiger partial charge in [0.1, 0.15) is 0 Å². The molecule has 0 radical (unpaired) electrons. The molecule has 0 saturated heterocycles. The average Bonchev–Trinajstić information content (AvgIpc) is 2.34. The molecule has 0 atom stereocenters. The molecule has 0 aromatic heterocycles. The summed E-state index contributed by atoms with van der Waals surface area (Å²) in [6, 6.07) is 6.56. The van der Waals surface area contributed by atoms with E-state index in [-0.39, 0.29) is 11.5 Å². The number of carbonyl (C=O) groups excluding carboxylic acids is 1. The lowest BCUT2D eigenvalue weighted by Crippen LogP contribution is -2.23. The van der Waals surface area contributed by atoms with E-state index < -0.39 is 5.97 Å². The van der Waals surface area contributed by atoms with Crippen molar-refractivity contribution in [2.75, 3.05) is 12.0 Å². The number of thioether (sulfide) groups is 1. The molecule has 0 fully saturated rings. The van der Waals surface area contributed by atoms with E-state index in [0.29, 0.717) is 13.0 Å². The lowest BCUT2D eigenvalue weighted by molar-refractivity contribution is -0.120. The number of rotatable bonds is 6. The number of carboxylic acids is 1. The summed E-state index contributed by atoms with van der Waals surface area (Å²) in [5.74, 6) is -0.179. The number of hydrogen-bond donors (Lipinski definition) is 2. The predicted molar refractivity (Wildman–Crippen MR) is 68.2 cm³/mol. The number of hydrogen-bond acceptors (Lipinski definition) is 3. The van der Waals surface area contributed by atoms with Gasteiger partial charge in [-0.15, -0.1) is 0 Å². The summed E-state index contributed by atoms with van der Waals surface area (Å²) in [6.07, 6.45) is 2.43. The number of carboxylic acid groups (broad SMARTS) is 1. The van der Waals surface area contributed by atoms with Crippen LogP contribution in [-0.4, -0.2) is 29.0 Å². The third-order valence-electron chi connectivity index (χ3n) is 2.20. The van der Waals surface area contributed by atoms with Gasteiger partial charge < -0.3 is 10.4 Å². The van der Waals surface area contributed by atoms with Crippen LogP contribution in [0.3, 0.4) is 0 Å². The van der Waals surface area contributed by atoms with Gasteiger partial charge in [0.15, 0.2) is 0 Å². The second-order valence-electron chi connectivity index (χ2n) is 3.53. The number of carbonyl (C=O) groups is 2. The number of nitrogens with one attached hydrogen (secondary N) is 1. The summed E-state index contributed by atoms with van der Waals surface area (Å²) in [6.45, 7) is 0.369. The van der Waals surface area contributed by atoms with Crippen LogP contribution in [0.4, 0.5) is 0 Å².